The number of esters is 1. The van der Waals surface area contributed by atoms with E-state index in [1.54, 1.807) is 6.07 Å². The highest BCUT2D eigenvalue weighted by Gasteiger charge is 2.20. The maximum Gasteiger partial charge on any atom is 0.373 e. The zero-order valence-electron chi connectivity index (χ0n) is 11.8. The molecule has 1 atom stereocenters. The lowest BCUT2D eigenvalue weighted by Crippen LogP contribution is -2.16. The number of methoxy groups -OCH3 is 1. The van der Waals surface area contributed by atoms with E-state index >= 15 is 0 Å². The number of rotatable bonds is 6. The summed E-state index contributed by atoms with van der Waals surface area (Å²) in [7, 11) is 3.29. The Hall–Kier alpha value is -1.29. The first-order valence-corrected chi connectivity index (χ1v) is 7.10. The summed E-state index contributed by atoms with van der Waals surface area (Å²) in [6, 6.07) is 3.72. The van der Waals surface area contributed by atoms with Crippen molar-refractivity contribution >= 4 is 5.97 Å². The average Bonchev–Trinajstić information content (AvgIpc) is 3.09. The number of nitrogens with one attached hydrogen (secondary N) is 1. The van der Waals surface area contributed by atoms with Gasteiger partial charge in [0.2, 0.25) is 5.76 Å². The minimum Gasteiger partial charge on any atom is -0.463 e. The molecule has 1 heterocycles. The topological polar surface area (TPSA) is 51.5 Å². The predicted molar refractivity (Wildman–Crippen MR) is 73.0 cm³/mol. The molecule has 106 valence electrons. The van der Waals surface area contributed by atoms with E-state index in [1.165, 1.54) is 39.2 Å². The van der Waals surface area contributed by atoms with Gasteiger partial charge in [0.15, 0.2) is 0 Å². The van der Waals surface area contributed by atoms with Crippen LogP contribution < -0.4 is 5.32 Å². The summed E-state index contributed by atoms with van der Waals surface area (Å²) in [6.45, 7) is 0. The number of furan rings is 1. The molecular weight excluding hydrogens is 242 g/mol. The maximum atomic E-state index is 11.4. The molecule has 0 bridgehead atoms. The summed E-state index contributed by atoms with van der Waals surface area (Å²) in [6.07, 6.45) is 7.75. The highest BCUT2D eigenvalue weighted by molar-refractivity contribution is 5.86. The van der Waals surface area contributed by atoms with Gasteiger partial charge in [-0.2, -0.15) is 0 Å². The van der Waals surface area contributed by atoms with Gasteiger partial charge in [0.1, 0.15) is 5.76 Å². The summed E-state index contributed by atoms with van der Waals surface area (Å²) in [5.41, 5.74) is 0. The molecule has 1 unspecified atom stereocenters. The van der Waals surface area contributed by atoms with Crippen molar-refractivity contribution in [3.8, 4) is 0 Å². The Bertz CT molecular complexity index is 407. The molecule has 0 amide bonds. The molecule has 1 saturated carbocycles. The van der Waals surface area contributed by atoms with Crippen LogP contribution in [-0.4, -0.2) is 20.1 Å². The Morgan fingerprint density at radius 1 is 1.47 bits per heavy atom. The first kappa shape index (κ1) is 14.1. The monoisotopic (exact) mass is 265 g/mol. The first-order valence-electron chi connectivity index (χ1n) is 7.10. The molecule has 1 aromatic heterocycles. The van der Waals surface area contributed by atoms with Crippen LogP contribution in [0.2, 0.25) is 0 Å². The smallest absolute Gasteiger partial charge is 0.373 e. The lowest BCUT2D eigenvalue weighted by atomic mass is 9.97. The largest absolute Gasteiger partial charge is 0.463 e. The number of carbonyl (C=O) groups is 1. The molecule has 1 aromatic rings. The normalized spacial score (nSPS) is 17.6. The van der Waals surface area contributed by atoms with E-state index in [2.05, 4.69) is 10.1 Å². The van der Waals surface area contributed by atoms with E-state index in [9.17, 15) is 4.79 Å². The summed E-state index contributed by atoms with van der Waals surface area (Å²) in [4.78, 5) is 11.4. The Balaban J connectivity index is 1.92. The molecule has 0 saturated heterocycles. The number of ether oxygens (including phenoxy) is 1. The quantitative estimate of drug-likeness (QED) is 0.802. The fraction of sp³-hybridized carbons (Fsp3) is 0.667. The lowest BCUT2D eigenvalue weighted by molar-refractivity contribution is 0.0562. The van der Waals surface area contributed by atoms with Crippen molar-refractivity contribution in [2.75, 3.05) is 14.2 Å². The van der Waals surface area contributed by atoms with Gasteiger partial charge in [-0.1, -0.05) is 25.7 Å². The van der Waals surface area contributed by atoms with Crippen LogP contribution >= 0.6 is 0 Å². The highest BCUT2D eigenvalue weighted by Crippen LogP contribution is 2.31. The van der Waals surface area contributed by atoms with Crippen LogP contribution in [0.1, 0.15) is 60.9 Å². The third-order valence-corrected chi connectivity index (χ3v) is 4.04. The fourth-order valence-electron chi connectivity index (χ4n) is 2.88. The van der Waals surface area contributed by atoms with Crippen LogP contribution in [0.4, 0.5) is 0 Å². The second-order valence-corrected chi connectivity index (χ2v) is 5.26. The third-order valence-electron chi connectivity index (χ3n) is 4.04. The third kappa shape index (κ3) is 3.60. The Morgan fingerprint density at radius 3 is 2.84 bits per heavy atom. The van der Waals surface area contributed by atoms with Gasteiger partial charge in [-0.3, -0.25) is 0 Å². The Labute approximate surface area is 114 Å². The maximum absolute atomic E-state index is 11.4. The number of carbonyl (C=O) groups excluding carboxylic acids is 1. The van der Waals surface area contributed by atoms with Gasteiger partial charge in [-0.05, 0) is 37.9 Å². The molecule has 0 aliphatic heterocycles. The molecule has 0 aromatic carbocycles. The predicted octanol–water partition coefficient (Wildman–Crippen LogP) is 3.30. The van der Waals surface area contributed by atoms with Crippen molar-refractivity contribution < 1.29 is 13.9 Å². The van der Waals surface area contributed by atoms with Gasteiger partial charge in [0.25, 0.3) is 0 Å². The van der Waals surface area contributed by atoms with Gasteiger partial charge in [-0.15, -0.1) is 0 Å². The average molecular weight is 265 g/mol. The molecular formula is C15H23NO3. The van der Waals surface area contributed by atoms with Gasteiger partial charge < -0.3 is 14.5 Å². The molecule has 2 rings (SSSR count). The van der Waals surface area contributed by atoms with Crippen molar-refractivity contribution in [1.29, 1.82) is 0 Å². The van der Waals surface area contributed by atoms with E-state index < -0.39 is 5.97 Å². The van der Waals surface area contributed by atoms with Gasteiger partial charge in [0, 0.05) is 0 Å². The molecule has 0 radical (unpaired) electrons. The molecule has 1 aliphatic rings. The standard InChI is InChI=1S/C15H23NO3/c1-16-12(8-7-11-5-3-4-6-11)13-9-10-14(19-13)15(17)18-2/h9-12,16H,3-8H2,1-2H3. The SMILES string of the molecule is CNC(CCC1CCCC1)c1ccc(C(=O)OC)o1. The molecule has 0 spiro atoms. The van der Waals surface area contributed by atoms with Crippen molar-refractivity contribution in [3.05, 3.63) is 23.7 Å². The second-order valence-electron chi connectivity index (χ2n) is 5.26. The summed E-state index contributed by atoms with van der Waals surface area (Å²) < 4.78 is 10.2. The van der Waals surface area contributed by atoms with Crippen LogP contribution in [-0.2, 0) is 4.74 Å². The molecule has 1 N–H and O–H groups in total. The van der Waals surface area contributed by atoms with Gasteiger partial charge >= 0.3 is 5.97 Å². The lowest BCUT2D eigenvalue weighted by Gasteiger charge is -2.16. The van der Waals surface area contributed by atoms with Crippen molar-refractivity contribution in [1.82, 2.24) is 5.32 Å². The van der Waals surface area contributed by atoms with Crippen molar-refractivity contribution in [3.63, 3.8) is 0 Å². The van der Waals surface area contributed by atoms with Crippen molar-refractivity contribution in [2.24, 2.45) is 5.92 Å². The summed E-state index contributed by atoms with van der Waals surface area (Å²) in [5.74, 6) is 1.54. The van der Waals surface area contributed by atoms with E-state index in [0.717, 1.165) is 18.1 Å². The van der Waals surface area contributed by atoms with E-state index in [1.807, 2.05) is 13.1 Å². The van der Waals surface area contributed by atoms with E-state index in [4.69, 9.17) is 4.42 Å². The molecule has 4 heteroatoms. The van der Waals surface area contributed by atoms with Crippen LogP contribution in [0.15, 0.2) is 16.5 Å². The minimum atomic E-state index is -0.420. The summed E-state index contributed by atoms with van der Waals surface area (Å²) >= 11 is 0. The Kier molecular flexibility index (Phi) is 5.02. The zero-order chi connectivity index (χ0) is 13.7. The van der Waals surface area contributed by atoms with Crippen LogP contribution in [0, 0.1) is 5.92 Å². The van der Waals surface area contributed by atoms with E-state index in [0.29, 0.717) is 0 Å². The van der Waals surface area contributed by atoms with Gasteiger partial charge in [0.05, 0.1) is 13.2 Å². The zero-order valence-corrected chi connectivity index (χ0v) is 11.8. The number of hydrogen-bond donors (Lipinski definition) is 1. The fourth-order valence-corrected chi connectivity index (χ4v) is 2.88. The molecule has 1 fully saturated rings. The van der Waals surface area contributed by atoms with Crippen molar-refractivity contribution in [2.45, 2.75) is 44.6 Å². The number of hydrogen-bond acceptors (Lipinski definition) is 4. The van der Waals surface area contributed by atoms with Crippen LogP contribution in [0.3, 0.4) is 0 Å². The van der Waals surface area contributed by atoms with Gasteiger partial charge in [-0.25, -0.2) is 4.79 Å². The molecule has 19 heavy (non-hydrogen) atoms. The molecule has 4 nitrogen and oxygen atoms in total. The first-order chi connectivity index (χ1) is 9.24. The Morgan fingerprint density at radius 2 is 2.21 bits per heavy atom. The van der Waals surface area contributed by atoms with Crippen LogP contribution in [0.5, 0.6) is 0 Å². The molecule has 1 aliphatic carbocycles. The van der Waals surface area contributed by atoms with Crippen LogP contribution in [0.25, 0.3) is 0 Å². The minimum absolute atomic E-state index is 0.180. The summed E-state index contributed by atoms with van der Waals surface area (Å²) in [5, 5.41) is 3.27. The highest BCUT2D eigenvalue weighted by atomic mass is 16.5. The second kappa shape index (κ2) is 6.75. The van der Waals surface area contributed by atoms with E-state index in [-0.39, 0.29) is 11.8 Å².